The molecule has 2 unspecified atom stereocenters. The molecule has 2 atom stereocenters. The van der Waals surface area contributed by atoms with Crippen molar-refractivity contribution < 1.29 is 14.6 Å². The molecule has 19 heavy (non-hydrogen) atoms. The number of carbonyl (C=O) groups excluding carboxylic acids is 1. The van der Waals surface area contributed by atoms with Crippen molar-refractivity contribution in [2.75, 3.05) is 13.7 Å². The Labute approximate surface area is 116 Å². The zero-order valence-corrected chi connectivity index (χ0v) is 11.4. The molecule has 1 aliphatic heterocycles. The van der Waals surface area contributed by atoms with Gasteiger partial charge in [-0.2, -0.15) is 0 Å². The van der Waals surface area contributed by atoms with Crippen LogP contribution in [0.15, 0.2) is 18.2 Å². The second-order valence-electron chi connectivity index (χ2n) is 4.52. The van der Waals surface area contributed by atoms with Crippen molar-refractivity contribution in [1.82, 2.24) is 10.6 Å². The van der Waals surface area contributed by atoms with Crippen LogP contribution in [-0.2, 0) is 11.3 Å². The Balaban J connectivity index is 1.93. The number of hydrogen-bond acceptors (Lipinski definition) is 4. The molecule has 0 aromatic heterocycles. The van der Waals surface area contributed by atoms with Crippen molar-refractivity contribution in [2.24, 2.45) is 0 Å². The van der Waals surface area contributed by atoms with Gasteiger partial charge in [0.05, 0.1) is 19.3 Å². The zero-order valence-electron chi connectivity index (χ0n) is 10.6. The van der Waals surface area contributed by atoms with E-state index >= 15 is 0 Å². The van der Waals surface area contributed by atoms with Gasteiger partial charge in [0.2, 0.25) is 5.91 Å². The van der Waals surface area contributed by atoms with E-state index in [1.54, 1.807) is 19.2 Å². The molecule has 0 radical (unpaired) electrons. The van der Waals surface area contributed by atoms with Crippen LogP contribution in [0.25, 0.3) is 0 Å². The molecule has 1 aromatic rings. The number of aliphatic hydroxyl groups is 1. The van der Waals surface area contributed by atoms with Crippen LogP contribution in [0.1, 0.15) is 12.0 Å². The first kappa shape index (κ1) is 14.1. The van der Waals surface area contributed by atoms with Gasteiger partial charge in [-0.15, -0.1) is 0 Å². The predicted octanol–water partition coefficient (Wildman–Crippen LogP) is 0.688. The number of methoxy groups -OCH3 is 1. The number of hydrogen-bond donors (Lipinski definition) is 3. The number of β-amino-alcohol motifs (C(OH)–C–C–N with tert-alkyl or cyclic N) is 1. The highest BCUT2D eigenvalue weighted by Gasteiger charge is 2.27. The molecule has 0 saturated carbocycles. The number of benzene rings is 1. The lowest BCUT2D eigenvalue weighted by molar-refractivity contribution is -0.123. The lowest BCUT2D eigenvalue weighted by Gasteiger charge is -2.13. The summed E-state index contributed by atoms with van der Waals surface area (Å²) in [5, 5.41) is 15.7. The third-order valence-corrected chi connectivity index (χ3v) is 3.36. The van der Waals surface area contributed by atoms with Gasteiger partial charge in [0.25, 0.3) is 0 Å². The highest BCUT2D eigenvalue weighted by atomic mass is 35.5. The number of ether oxygens (including phenoxy) is 1. The van der Waals surface area contributed by atoms with Gasteiger partial charge < -0.3 is 20.5 Å². The maximum absolute atomic E-state index is 11.9. The van der Waals surface area contributed by atoms with E-state index in [1.165, 1.54) is 0 Å². The third kappa shape index (κ3) is 3.59. The minimum absolute atomic E-state index is 0.117. The molecule has 2 rings (SSSR count). The lowest BCUT2D eigenvalue weighted by Crippen LogP contribution is -2.40. The van der Waals surface area contributed by atoms with Gasteiger partial charge >= 0.3 is 0 Å². The Hall–Kier alpha value is -1.30. The van der Waals surface area contributed by atoms with E-state index in [2.05, 4.69) is 10.6 Å². The van der Waals surface area contributed by atoms with E-state index in [0.717, 1.165) is 5.56 Å². The summed E-state index contributed by atoms with van der Waals surface area (Å²) in [6, 6.07) is 4.95. The molecule has 0 spiro atoms. The number of nitrogens with one attached hydrogen (secondary N) is 2. The molecule has 1 aliphatic rings. The third-order valence-electron chi connectivity index (χ3n) is 3.13. The van der Waals surface area contributed by atoms with E-state index in [9.17, 15) is 9.90 Å². The fourth-order valence-electron chi connectivity index (χ4n) is 2.09. The summed E-state index contributed by atoms with van der Waals surface area (Å²) in [6.07, 6.45) is 0.00432. The van der Waals surface area contributed by atoms with E-state index in [0.29, 0.717) is 30.3 Å². The second kappa shape index (κ2) is 6.23. The summed E-state index contributed by atoms with van der Waals surface area (Å²) in [5.74, 6) is 0.528. The molecular weight excluding hydrogens is 268 g/mol. The average Bonchev–Trinajstić information content (AvgIpc) is 2.83. The highest BCUT2D eigenvalue weighted by Crippen LogP contribution is 2.22. The fourth-order valence-corrected chi connectivity index (χ4v) is 2.25. The van der Waals surface area contributed by atoms with Crippen molar-refractivity contribution in [3.63, 3.8) is 0 Å². The van der Waals surface area contributed by atoms with Crippen LogP contribution in [0.3, 0.4) is 0 Å². The van der Waals surface area contributed by atoms with Crippen molar-refractivity contribution in [3.8, 4) is 5.75 Å². The molecule has 0 bridgehead atoms. The van der Waals surface area contributed by atoms with E-state index in [-0.39, 0.29) is 11.9 Å². The van der Waals surface area contributed by atoms with Crippen LogP contribution in [0, 0.1) is 0 Å². The number of halogens is 1. The second-order valence-corrected chi connectivity index (χ2v) is 4.96. The normalized spacial score (nSPS) is 22.3. The maximum Gasteiger partial charge on any atom is 0.237 e. The summed E-state index contributed by atoms with van der Waals surface area (Å²) >= 11 is 5.87. The molecule has 5 nitrogen and oxygen atoms in total. The van der Waals surface area contributed by atoms with Crippen LogP contribution >= 0.6 is 11.6 Å². The number of rotatable bonds is 4. The minimum atomic E-state index is -0.444. The molecule has 1 heterocycles. The molecular formula is C13H17ClN2O3. The highest BCUT2D eigenvalue weighted by molar-refractivity contribution is 6.30. The molecule has 0 aliphatic carbocycles. The van der Waals surface area contributed by atoms with Crippen molar-refractivity contribution >= 4 is 17.5 Å². The van der Waals surface area contributed by atoms with Crippen molar-refractivity contribution in [2.45, 2.75) is 25.1 Å². The predicted molar refractivity (Wildman–Crippen MR) is 72.3 cm³/mol. The van der Waals surface area contributed by atoms with Gasteiger partial charge in [-0.3, -0.25) is 4.79 Å². The largest absolute Gasteiger partial charge is 0.496 e. The molecule has 1 fully saturated rings. The number of amides is 1. The Morgan fingerprint density at radius 1 is 1.63 bits per heavy atom. The van der Waals surface area contributed by atoms with Gasteiger partial charge in [-0.1, -0.05) is 17.7 Å². The lowest BCUT2D eigenvalue weighted by atomic mass is 10.1. The first-order valence-electron chi connectivity index (χ1n) is 6.11. The standard InChI is InChI=1S/C13H17ClN2O3/c1-19-12-4-9(14)3-2-8(12)6-16-13(18)11-5-10(17)7-15-11/h2-4,10-11,15,17H,5-7H2,1H3,(H,16,18). The van der Waals surface area contributed by atoms with Crippen molar-refractivity contribution in [3.05, 3.63) is 28.8 Å². The molecule has 1 saturated heterocycles. The van der Waals surface area contributed by atoms with Crippen LogP contribution in [0.2, 0.25) is 5.02 Å². The Morgan fingerprint density at radius 2 is 2.42 bits per heavy atom. The fraction of sp³-hybridized carbons (Fsp3) is 0.462. The molecule has 3 N–H and O–H groups in total. The van der Waals surface area contributed by atoms with E-state index in [4.69, 9.17) is 16.3 Å². The average molecular weight is 285 g/mol. The minimum Gasteiger partial charge on any atom is -0.496 e. The number of carbonyl (C=O) groups is 1. The van der Waals surface area contributed by atoms with Crippen LogP contribution in [-0.4, -0.2) is 36.8 Å². The van der Waals surface area contributed by atoms with Crippen molar-refractivity contribution in [1.29, 1.82) is 0 Å². The summed E-state index contributed by atoms with van der Waals surface area (Å²) in [4.78, 5) is 11.9. The molecule has 6 heteroatoms. The summed E-state index contributed by atoms with van der Waals surface area (Å²) in [7, 11) is 1.56. The van der Waals surface area contributed by atoms with E-state index in [1.807, 2.05) is 6.07 Å². The summed E-state index contributed by atoms with van der Waals surface area (Å²) in [5.41, 5.74) is 0.860. The topological polar surface area (TPSA) is 70.6 Å². The maximum atomic E-state index is 11.9. The smallest absolute Gasteiger partial charge is 0.237 e. The van der Waals surface area contributed by atoms with Gasteiger partial charge in [-0.05, 0) is 18.6 Å². The van der Waals surface area contributed by atoms with Crippen LogP contribution in [0.5, 0.6) is 5.75 Å². The SMILES string of the molecule is COc1cc(Cl)ccc1CNC(=O)C1CC(O)CN1. The van der Waals surface area contributed by atoms with E-state index < -0.39 is 6.10 Å². The quantitative estimate of drug-likeness (QED) is 0.761. The van der Waals surface area contributed by atoms with Gasteiger partial charge in [-0.25, -0.2) is 0 Å². The molecule has 104 valence electrons. The number of aliphatic hydroxyl groups excluding tert-OH is 1. The zero-order chi connectivity index (χ0) is 13.8. The van der Waals surface area contributed by atoms with Crippen LogP contribution in [0.4, 0.5) is 0 Å². The van der Waals surface area contributed by atoms with Gasteiger partial charge in [0.1, 0.15) is 5.75 Å². The Morgan fingerprint density at radius 3 is 3.05 bits per heavy atom. The Bertz CT molecular complexity index is 467. The first-order valence-corrected chi connectivity index (χ1v) is 6.49. The Kier molecular flexibility index (Phi) is 4.63. The van der Waals surface area contributed by atoms with Gasteiger partial charge in [0, 0.05) is 23.7 Å². The first-order chi connectivity index (χ1) is 9.10. The molecule has 1 amide bonds. The summed E-state index contributed by atoms with van der Waals surface area (Å²) < 4.78 is 5.21. The van der Waals surface area contributed by atoms with Crippen LogP contribution < -0.4 is 15.4 Å². The monoisotopic (exact) mass is 284 g/mol. The summed E-state index contributed by atoms with van der Waals surface area (Å²) in [6.45, 7) is 0.829. The van der Waals surface area contributed by atoms with Gasteiger partial charge in [0.15, 0.2) is 0 Å². The molecule has 1 aromatic carbocycles.